The molecule has 3 aromatic heterocycles. The topological polar surface area (TPSA) is 79.9 Å². The number of ether oxygens (including phenoxy) is 1. The molecule has 1 aromatic carbocycles. The number of aromatic amines is 2. The highest BCUT2D eigenvalue weighted by Crippen LogP contribution is 2.39. The van der Waals surface area contributed by atoms with E-state index in [-0.39, 0.29) is 0 Å². The number of thiophene rings is 1. The van der Waals surface area contributed by atoms with Crippen LogP contribution in [0.1, 0.15) is 4.88 Å². The van der Waals surface area contributed by atoms with Gasteiger partial charge in [0.15, 0.2) is 0 Å². The maximum Gasteiger partial charge on any atom is 0.329 e. The maximum atomic E-state index is 12.6. The number of benzene rings is 1. The Morgan fingerprint density at radius 1 is 1.04 bits per heavy atom. The third-order valence-corrected chi connectivity index (χ3v) is 5.45. The Morgan fingerprint density at radius 2 is 1.77 bits per heavy atom. The molecule has 0 aliphatic heterocycles. The van der Waals surface area contributed by atoms with Gasteiger partial charge in [0.2, 0.25) is 0 Å². The molecule has 0 aliphatic rings. The van der Waals surface area contributed by atoms with Gasteiger partial charge in [0.25, 0.3) is 5.56 Å². The first-order chi connectivity index (χ1) is 12.5. The molecule has 4 rings (SSSR count). The van der Waals surface area contributed by atoms with E-state index in [0.717, 1.165) is 27.4 Å². The van der Waals surface area contributed by atoms with Gasteiger partial charge in [0, 0.05) is 17.5 Å². The monoisotopic (exact) mass is 367 g/mol. The van der Waals surface area contributed by atoms with Crippen molar-refractivity contribution in [2.45, 2.75) is 6.92 Å². The van der Waals surface area contributed by atoms with Crippen LogP contribution in [-0.4, -0.2) is 21.6 Å². The van der Waals surface area contributed by atoms with E-state index in [1.54, 1.807) is 25.5 Å². The van der Waals surface area contributed by atoms with Gasteiger partial charge in [-0.3, -0.25) is 14.3 Å². The summed E-state index contributed by atoms with van der Waals surface area (Å²) in [6.45, 7) is 2.03. The molecule has 0 unspecified atom stereocenters. The molecular formula is C19H17N3O3S. The summed E-state index contributed by atoms with van der Waals surface area (Å²) in [5.41, 5.74) is 2.15. The van der Waals surface area contributed by atoms with Crippen molar-refractivity contribution in [1.82, 2.24) is 14.5 Å². The van der Waals surface area contributed by atoms with Crippen LogP contribution in [0.2, 0.25) is 0 Å². The molecule has 0 radical (unpaired) electrons. The number of aryl methyl sites for hydroxylation is 2. The predicted octanol–water partition coefficient (Wildman–Crippen LogP) is 3.27. The predicted molar refractivity (Wildman–Crippen MR) is 104 cm³/mol. The number of methoxy groups -OCH3 is 1. The Bertz CT molecular complexity index is 1230. The summed E-state index contributed by atoms with van der Waals surface area (Å²) < 4.78 is 6.66. The molecule has 0 bridgehead atoms. The number of hydrogen-bond donors (Lipinski definition) is 2. The van der Waals surface area contributed by atoms with Crippen LogP contribution < -0.4 is 16.0 Å². The smallest absolute Gasteiger partial charge is 0.329 e. The van der Waals surface area contributed by atoms with Crippen LogP contribution in [0.4, 0.5) is 0 Å². The van der Waals surface area contributed by atoms with E-state index in [0.29, 0.717) is 11.0 Å². The number of H-pyrrole nitrogens is 2. The van der Waals surface area contributed by atoms with Crippen LogP contribution in [0.15, 0.2) is 46.0 Å². The van der Waals surface area contributed by atoms with Gasteiger partial charge in [0.1, 0.15) is 11.4 Å². The minimum absolute atomic E-state index is 0.398. The molecule has 6 nitrogen and oxygen atoms in total. The van der Waals surface area contributed by atoms with E-state index >= 15 is 0 Å². The molecule has 0 amide bonds. The average molecular weight is 367 g/mol. The zero-order valence-electron chi connectivity index (χ0n) is 14.5. The molecule has 0 atom stereocenters. The third kappa shape index (κ3) is 2.48. The lowest BCUT2D eigenvalue weighted by molar-refractivity contribution is 0.415. The van der Waals surface area contributed by atoms with Gasteiger partial charge < -0.3 is 9.72 Å². The molecule has 7 heteroatoms. The highest BCUT2D eigenvalue weighted by atomic mass is 32.1. The van der Waals surface area contributed by atoms with Crippen molar-refractivity contribution in [3.63, 3.8) is 0 Å². The average Bonchev–Trinajstić information content (AvgIpc) is 3.24. The molecule has 0 spiro atoms. The molecule has 132 valence electrons. The van der Waals surface area contributed by atoms with Crippen molar-refractivity contribution in [3.8, 4) is 27.4 Å². The number of rotatable bonds is 3. The van der Waals surface area contributed by atoms with Crippen LogP contribution in [0.25, 0.3) is 32.7 Å². The van der Waals surface area contributed by atoms with Crippen molar-refractivity contribution < 1.29 is 4.74 Å². The number of fused-ring (bicyclic) bond motifs is 1. The van der Waals surface area contributed by atoms with Gasteiger partial charge in [-0.2, -0.15) is 0 Å². The Balaban J connectivity index is 2.12. The zero-order chi connectivity index (χ0) is 18.4. The molecular weight excluding hydrogens is 350 g/mol. The molecule has 2 N–H and O–H groups in total. The Hall–Kier alpha value is -3.06. The number of nitrogens with zero attached hydrogens (tertiary/aromatic N) is 1. The minimum atomic E-state index is -0.445. The molecule has 4 aromatic rings. The number of hydrogen-bond acceptors (Lipinski definition) is 4. The van der Waals surface area contributed by atoms with Crippen molar-refractivity contribution in [1.29, 1.82) is 0 Å². The summed E-state index contributed by atoms with van der Waals surface area (Å²) in [5.74, 6) is 0.739. The Morgan fingerprint density at radius 3 is 2.38 bits per heavy atom. The van der Waals surface area contributed by atoms with Gasteiger partial charge in [0.05, 0.1) is 23.1 Å². The van der Waals surface area contributed by atoms with Crippen molar-refractivity contribution in [2.75, 3.05) is 7.11 Å². The maximum absolute atomic E-state index is 12.6. The van der Waals surface area contributed by atoms with Crippen LogP contribution in [0, 0.1) is 6.92 Å². The first-order valence-corrected chi connectivity index (χ1v) is 8.87. The van der Waals surface area contributed by atoms with Crippen LogP contribution in [0.5, 0.6) is 5.75 Å². The van der Waals surface area contributed by atoms with E-state index in [2.05, 4.69) is 9.97 Å². The molecule has 0 fully saturated rings. The highest BCUT2D eigenvalue weighted by molar-refractivity contribution is 7.15. The van der Waals surface area contributed by atoms with Gasteiger partial charge >= 0.3 is 5.69 Å². The lowest BCUT2D eigenvalue weighted by Gasteiger charge is -2.05. The van der Waals surface area contributed by atoms with Gasteiger partial charge in [-0.1, -0.05) is 12.1 Å². The van der Waals surface area contributed by atoms with Gasteiger partial charge in [-0.25, -0.2) is 4.79 Å². The summed E-state index contributed by atoms with van der Waals surface area (Å²) in [6.07, 6.45) is 0. The van der Waals surface area contributed by atoms with Crippen molar-refractivity contribution >= 4 is 22.4 Å². The van der Waals surface area contributed by atoms with Crippen LogP contribution >= 0.6 is 11.3 Å². The van der Waals surface area contributed by atoms with E-state index in [9.17, 15) is 9.59 Å². The summed E-state index contributed by atoms with van der Waals surface area (Å²) in [7, 11) is 3.25. The van der Waals surface area contributed by atoms with Gasteiger partial charge in [-0.05, 0) is 36.8 Å². The fourth-order valence-corrected chi connectivity index (χ4v) is 3.98. The molecule has 0 aliphatic carbocycles. The lowest BCUT2D eigenvalue weighted by atomic mass is 10.0. The van der Waals surface area contributed by atoms with E-state index < -0.39 is 11.2 Å². The number of nitrogens with one attached hydrogen (secondary N) is 2. The second kappa shape index (κ2) is 6.03. The van der Waals surface area contributed by atoms with Crippen LogP contribution in [-0.2, 0) is 7.05 Å². The second-order valence-corrected chi connectivity index (χ2v) is 7.34. The molecule has 3 heterocycles. The Kier molecular flexibility index (Phi) is 3.81. The normalized spacial score (nSPS) is 11.2. The number of aromatic nitrogens is 3. The quantitative estimate of drug-likeness (QED) is 0.583. The van der Waals surface area contributed by atoms with Crippen LogP contribution in [0.3, 0.4) is 0 Å². The lowest BCUT2D eigenvalue weighted by Crippen LogP contribution is -2.28. The molecule has 0 saturated heterocycles. The summed E-state index contributed by atoms with van der Waals surface area (Å²) in [4.78, 5) is 32.5. The SMILES string of the molecule is COc1ccc(-c2c(-c3ccc(C)s3)[nH]c3c2c(=O)[nH]c(=O)n3C)cc1. The summed E-state index contributed by atoms with van der Waals surface area (Å²) >= 11 is 1.63. The standard InChI is InChI=1S/C19H17N3O3S/c1-10-4-9-13(26-10)16-14(11-5-7-12(25-3)8-6-11)15-17(20-16)22(2)19(24)21-18(15)23/h4-9,20H,1-3H3,(H,21,23,24). The summed E-state index contributed by atoms with van der Waals surface area (Å²) in [5, 5.41) is 0.471. The summed E-state index contributed by atoms with van der Waals surface area (Å²) in [6, 6.07) is 11.6. The highest BCUT2D eigenvalue weighted by Gasteiger charge is 2.21. The van der Waals surface area contributed by atoms with Crippen molar-refractivity contribution in [2.24, 2.45) is 7.05 Å². The fraction of sp³-hybridized carbons (Fsp3) is 0.158. The molecule has 26 heavy (non-hydrogen) atoms. The fourth-order valence-electron chi connectivity index (χ4n) is 3.10. The largest absolute Gasteiger partial charge is 0.497 e. The second-order valence-electron chi connectivity index (χ2n) is 6.06. The van der Waals surface area contributed by atoms with E-state index in [4.69, 9.17) is 4.74 Å². The minimum Gasteiger partial charge on any atom is -0.497 e. The zero-order valence-corrected chi connectivity index (χ0v) is 15.4. The Labute approximate surface area is 152 Å². The van der Waals surface area contributed by atoms with E-state index in [1.165, 1.54) is 9.44 Å². The van der Waals surface area contributed by atoms with Gasteiger partial charge in [-0.15, -0.1) is 11.3 Å². The first-order valence-electron chi connectivity index (χ1n) is 8.06. The molecule has 0 saturated carbocycles. The third-order valence-electron chi connectivity index (χ3n) is 4.43. The van der Waals surface area contributed by atoms with Crippen molar-refractivity contribution in [3.05, 3.63) is 62.1 Å². The van der Waals surface area contributed by atoms with E-state index in [1.807, 2.05) is 43.3 Å². The first kappa shape index (κ1) is 16.4.